The average Bonchev–Trinajstić information content (AvgIpc) is 3.55. The third-order valence-corrected chi connectivity index (χ3v) is 8.72. The van der Waals surface area contributed by atoms with Gasteiger partial charge in [-0.1, -0.05) is 24.3 Å². The summed E-state index contributed by atoms with van der Waals surface area (Å²) < 4.78 is 7.24. The Morgan fingerprint density at radius 3 is 2.55 bits per heavy atom. The molecule has 3 saturated heterocycles. The van der Waals surface area contributed by atoms with Crippen LogP contribution in [-0.2, 0) is 18.3 Å². The molecule has 198 valence electrons. The smallest absolute Gasteiger partial charge is 0.349 e. The Morgan fingerprint density at radius 2 is 1.87 bits per heavy atom. The van der Waals surface area contributed by atoms with Crippen molar-refractivity contribution in [2.75, 3.05) is 31.1 Å². The molecule has 1 unspecified atom stereocenters. The van der Waals surface area contributed by atoms with Crippen LogP contribution in [0.5, 0.6) is 0 Å². The van der Waals surface area contributed by atoms with Crippen molar-refractivity contribution in [2.24, 2.45) is 7.05 Å². The number of anilines is 1. The number of likely N-dealkylation sites (tertiary alicyclic amines) is 1. The van der Waals surface area contributed by atoms with E-state index in [0.29, 0.717) is 34.7 Å². The number of pyridine rings is 1. The van der Waals surface area contributed by atoms with E-state index in [-0.39, 0.29) is 23.8 Å². The maximum absolute atomic E-state index is 12.7. The van der Waals surface area contributed by atoms with Crippen molar-refractivity contribution in [3.63, 3.8) is 0 Å². The number of aryl methyl sites for hydroxylation is 1. The Hall–Kier alpha value is -3.32. The Labute approximate surface area is 223 Å². The number of ether oxygens (including phenoxy) is 1. The van der Waals surface area contributed by atoms with Gasteiger partial charge in [0.05, 0.1) is 18.2 Å². The number of nitrogens with zero attached hydrogens (tertiary/aromatic N) is 7. The maximum atomic E-state index is 12.7. The fraction of sp³-hybridized carbons (Fsp3) is 0.517. The van der Waals surface area contributed by atoms with E-state index in [4.69, 9.17) is 4.74 Å². The number of piperazine rings is 1. The molecule has 0 amide bonds. The van der Waals surface area contributed by atoms with Crippen LogP contribution in [0.25, 0.3) is 11.0 Å². The van der Waals surface area contributed by atoms with Gasteiger partial charge in [0, 0.05) is 57.4 Å². The summed E-state index contributed by atoms with van der Waals surface area (Å²) in [5, 5.41) is 9.40. The number of hydrogen-bond acceptors (Lipinski definition) is 8. The first-order valence-electron chi connectivity index (χ1n) is 13.6. The predicted molar refractivity (Wildman–Crippen MR) is 146 cm³/mol. The number of nitriles is 1. The van der Waals surface area contributed by atoms with E-state index in [2.05, 4.69) is 75.8 Å². The van der Waals surface area contributed by atoms with Crippen molar-refractivity contribution in [1.82, 2.24) is 24.3 Å². The predicted octanol–water partition coefficient (Wildman–Crippen LogP) is 2.83. The molecule has 3 aromatic rings. The topological polar surface area (TPSA) is 90.5 Å². The van der Waals surface area contributed by atoms with Crippen molar-refractivity contribution in [2.45, 2.75) is 64.0 Å². The first kappa shape index (κ1) is 25.0. The third kappa shape index (κ3) is 4.37. The van der Waals surface area contributed by atoms with Crippen molar-refractivity contribution in [3.05, 3.63) is 63.7 Å². The Morgan fingerprint density at radius 1 is 1.08 bits per heavy atom. The Kier molecular flexibility index (Phi) is 6.42. The summed E-state index contributed by atoms with van der Waals surface area (Å²) in [6.07, 6.45) is 1.60. The molecule has 0 aliphatic carbocycles. The van der Waals surface area contributed by atoms with Gasteiger partial charge in [-0.2, -0.15) is 10.2 Å². The number of hydrogen-bond donors (Lipinski definition) is 0. The van der Waals surface area contributed by atoms with Gasteiger partial charge in [-0.25, -0.2) is 9.78 Å². The number of morpholine rings is 1. The molecule has 2 bridgehead atoms. The lowest BCUT2D eigenvalue weighted by Crippen LogP contribution is -2.57. The van der Waals surface area contributed by atoms with Crippen LogP contribution < -0.4 is 10.6 Å². The lowest BCUT2D eigenvalue weighted by molar-refractivity contribution is 0.0273. The largest absolute Gasteiger partial charge is 0.375 e. The average molecular weight is 514 g/mol. The minimum absolute atomic E-state index is 0.121. The van der Waals surface area contributed by atoms with Crippen molar-refractivity contribution in [1.29, 1.82) is 5.26 Å². The highest BCUT2D eigenvalue weighted by Crippen LogP contribution is 2.32. The quantitative estimate of drug-likeness (QED) is 0.515. The summed E-state index contributed by atoms with van der Waals surface area (Å²) in [5.41, 5.74) is 3.95. The second-order valence-corrected chi connectivity index (χ2v) is 11.2. The fourth-order valence-electron chi connectivity index (χ4n) is 6.46. The van der Waals surface area contributed by atoms with Crippen LogP contribution >= 0.6 is 0 Å². The molecule has 2 aromatic heterocycles. The molecule has 3 aliphatic heterocycles. The van der Waals surface area contributed by atoms with Gasteiger partial charge in [-0.15, -0.1) is 0 Å². The van der Waals surface area contributed by atoms with E-state index in [0.717, 1.165) is 32.8 Å². The summed E-state index contributed by atoms with van der Waals surface area (Å²) >= 11 is 0. The summed E-state index contributed by atoms with van der Waals surface area (Å²) in [5.74, 6) is 0.567. The Bertz CT molecular complexity index is 1450. The molecule has 9 nitrogen and oxygen atoms in total. The molecule has 38 heavy (non-hydrogen) atoms. The Balaban J connectivity index is 1.19. The van der Waals surface area contributed by atoms with Crippen LogP contribution in [0.15, 0.2) is 41.2 Å². The molecule has 6 rings (SSSR count). The number of aromatic nitrogens is 3. The number of fused-ring (bicyclic) bond motifs is 3. The summed E-state index contributed by atoms with van der Waals surface area (Å²) in [6.45, 7) is 11.1. The fourth-order valence-corrected chi connectivity index (χ4v) is 6.46. The van der Waals surface area contributed by atoms with Crippen LogP contribution in [0.3, 0.4) is 0 Å². The summed E-state index contributed by atoms with van der Waals surface area (Å²) in [6, 6.07) is 15.8. The number of benzene rings is 1. The standard InChI is InChI=1S/C29H35N7O2/c1-18-14-36(28-27-26(33(4)29(37)32-28)10-9-23(12-30)31-27)19(2)13-35(18)20(3)22-7-5-21(6-8-22)15-34-16-25-11-24(34)17-38-25/h5-10,18-20,24-25H,11,13-17H2,1-4H3/t18-,19-,20?,24-,25-/m0/s1. The van der Waals surface area contributed by atoms with Gasteiger partial charge in [-0.05, 0) is 50.5 Å². The lowest BCUT2D eigenvalue weighted by atomic mass is 9.99. The van der Waals surface area contributed by atoms with Gasteiger partial charge in [-0.3, -0.25) is 14.4 Å². The maximum Gasteiger partial charge on any atom is 0.349 e. The molecule has 0 radical (unpaired) electrons. The summed E-state index contributed by atoms with van der Waals surface area (Å²) in [4.78, 5) is 28.9. The monoisotopic (exact) mass is 513 g/mol. The molecule has 0 N–H and O–H groups in total. The zero-order valence-electron chi connectivity index (χ0n) is 22.5. The first-order valence-corrected chi connectivity index (χ1v) is 13.6. The normalized spacial score (nSPS) is 26.7. The van der Waals surface area contributed by atoms with Crippen LogP contribution in [0.1, 0.15) is 50.1 Å². The van der Waals surface area contributed by atoms with Gasteiger partial charge >= 0.3 is 5.69 Å². The van der Waals surface area contributed by atoms with E-state index in [1.165, 1.54) is 22.1 Å². The summed E-state index contributed by atoms with van der Waals surface area (Å²) in [7, 11) is 1.69. The molecule has 0 saturated carbocycles. The lowest BCUT2D eigenvalue weighted by Gasteiger charge is -2.47. The van der Waals surface area contributed by atoms with E-state index < -0.39 is 0 Å². The second kappa shape index (κ2) is 9.77. The van der Waals surface area contributed by atoms with Crippen molar-refractivity contribution in [3.8, 4) is 6.07 Å². The van der Waals surface area contributed by atoms with Crippen molar-refractivity contribution < 1.29 is 4.74 Å². The van der Waals surface area contributed by atoms with Crippen LogP contribution in [0.2, 0.25) is 0 Å². The van der Waals surface area contributed by atoms with Gasteiger partial charge in [0.1, 0.15) is 17.3 Å². The zero-order chi connectivity index (χ0) is 26.6. The SMILES string of the molecule is CC(c1ccc(CN2C[C@@H]3C[C@H]2CO3)cc1)N1C[C@H](C)N(c2nc(=O)n(C)c3ccc(C#N)nc23)C[C@@H]1C. The third-order valence-electron chi connectivity index (χ3n) is 8.72. The van der Waals surface area contributed by atoms with Gasteiger partial charge in [0.2, 0.25) is 0 Å². The molecule has 3 aliphatic rings. The van der Waals surface area contributed by atoms with Crippen LogP contribution in [0, 0.1) is 11.3 Å². The molecular weight excluding hydrogens is 478 g/mol. The van der Waals surface area contributed by atoms with Crippen LogP contribution in [0.4, 0.5) is 5.82 Å². The second-order valence-electron chi connectivity index (χ2n) is 11.2. The molecule has 5 atom stereocenters. The van der Waals surface area contributed by atoms with Crippen LogP contribution in [-0.4, -0.2) is 74.8 Å². The zero-order valence-corrected chi connectivity index (χ0v) is 22.5. The minimum Gasteiger partial charge on any atom is -0.375 e. The van der Waals surface area contributed by atoms with E-state index >= 15 is 0 Å². The van der Waals surface area contributed by atoms with Crippen molar-refractivity contribution >= 4 is 16.9 Å². The van der Waals surface area contributed by atoms with Gasteiger partial charge in [0.15, 0.2) is 5.82 Å². The molecule has 1 aromatic carbocycles. The van der Waals surface area contributed by atoms with Gasteiger partial charge in [0.25, 0.3) is 0 Å². The molecule has 3 fully saturated rings. The minimum atomic E-state index is -0.316. The molecule has 0 spiro atoms. The van der Waals surface area contributed by atoms with E-state index in [1.807, 2.05) is 0 Å². The molecular formula is C29H35N7O2. The van der Waals surface area contributed by atoms with Gasteiger partial charge < -0.3 is 9.64 Å². The first-order chi connectivity index (χ1) is 18.3. The molecule has 5 heterocycles. The van der Waals surface area contributed by atoms with E-state index in [9.17, 15) is 10.1 Å². The van der Waals surface area contributed by atoms with E-state index in [1.54, 1.807) is 19.2 Å². The highest BCUT2D eigenvalue weighted by Gasteiger charge is 2.39. The highest BCUT2D eigenvalue weighted by atomic mass is 16.5. The highest BCUT2D eigenvalue weighted by molar-refractivity contribution is 5.86. The molecule has 9 heteroatoms. The number of rotatable bonds is 5.